The molecule has 0 saturated carbocycles. The van der Waals surface area contributed by atoms with E-state index in [4.69, 9.17) is 4.74 Å². The predicted octanol–water partition coefficient (Wildman–Crippen LogP) is 2.84. The summed E-state index contributed by atoms with van der Waals surface area (Å²) in [5.41, 5.74) is 0.380. The van der Waals surface area contributed by atoms with Crippen LogP contribution in [0.15, 0.2) is 18.2 Å². The van der Waals surface area contributed by atoms with Crippen molar-refractivity contribution < 1.29 is 18.7 Å². The molecule has 0 saturated heterocycles. The quantitative estimate of drug-likeness (QED) is 0.807. The number of hydrogen-bond acceptors (Lipinski definition) is 4. The van der Waals surface area contributed by atoms with Crippen molar-refractivity contribution in [2.45, 2.75) is 25.9 Å². The number of nitrogens with one attached hydrogen (secondary N) is 1. The van der Waals surface area contributed by atoms with Gasteiger partial charge in [0.25, 0.3) is 0 Å². The van der Waals surface area contributed by atoms with Crippen molar-refractivity contribution in [2.75, 3.05) is 26.1 Å². The highest BCUT2D eigenvalue weighted by Crippen LogP contribution is 2.17. The summed E-state index contributed by atoms with van der Waals surface area (Å²) in [4.78, 5) is 11.4. The van der Waals surface area contributed by atoms with Crippen molar-refractivity contribution in [3.05, 3.63) is 29.6 Å². The fourth-order valence-electron chi connectivity index (χ4n) is 1.51. The molecule has 0 heterocycles. The van der Waals surface area contributed by atoms with E-state index in [1.807, 2.05) is 13.8 Å². The summed E-state index contributed by atoms with van der Waals surface area (Å²) in [6.45, 7) is 4.63. The Kier molecular flexibility index (Phi) is 5.30. The first-order valence-corrected chi connectivity index (χ1v) is 6.06. The van der Waals surface area contributed by atoms with Crippen LogP contribution in [0.4, 0.5) is 10.1 Å². The van der Waals surface area contributed by atoms with Gasteiger partial charge in [-0.2, -0.15) is 0 Å². The molecule has 4 nitrogen and oxygen atoms in total. The molecule has 0 atom stereocenters. The van der Waals surface area contributed by atoms with Gasteiger partial charge in [0.05, 0.1) is 18.3 Å². The van der Waals surface area contributed by atoms with E-state index in [0.29, 0.717) is 12.2 Å². The van der Waals surface area contributed by atoms with Gasteiger partial charge in [0.1, 0.15) is 5.82 Å². The first kappa shape index (κ1) is 15.4. The molecule has 1 N–H and O–H groups in total. The van der Waals surface area contributed by atoms with Gasteiger partial charge in [-0.1, -0.05) is 0 Å². The normalized spacial score (nSPS) is 11.2. The second kappa shape index (κ2) is 6.52. The van der Waals surface area contributed by atoms with E-state index in [0.717, 1.165) is 6.42 Å². The lowest BCUT2D eigenvalue weighted by atomic mass is 10.1. The lowest BCUT2D eigenvalue weighted by Crippen LogP contribution is -2.25. The Bertz CT molecular complexity index is 446. The Morgan fingerprint density at radius 3 is 2.63 bits per heavy atom. The van der Waals surface area contributed by atoms with Gasteiger partial charge in [-0.15, -0.1) is 0 Å². The third kappa shape index (κ3) is 4.52. The SMILES string of the molecule is COC(=O)c1cc(NCCC(C)(C)OC)ccc1F. The van der Waals surface area contributed by atoms with Gasteiger partial charge in [-0.05, 0) is 38.5 Å². The van der Waals surface area contributed by atoms with E-state index >= 15 is 0 Å². The molecular weight excluding hydrogens is 249 g/mol. The molecule has 0 radical (unpaired) electrons. The fourth-order valence-corrected chi connectivity index (χ4v) is 1.51. The molecule has 19 heavy (non-hydrogen) atoms. The van der Waals surface area contributed by atoms with Crippen LogP contribution in [0.25, 0.3) is 0 Å². The molecule has 1 rings (SSSR count). The first-order valence-electron chi connectivity index (χ1n) is 6.06. The van der Waals surface area contributed by atoms with Crippen molar-refractivity contribution in [1.82, 2.24) is 0 Å². The van der Waals surface area contributed by atoms with Crippen molar-refractivity contribution in [1.29, 1.82) is 0 Å². The molecule has 0 aliphatic heterocycles. The standard InChI is InChI=1S/C14H20FNO3/c1-14(2,19-4)7-8-16-10-5-6-12(15)11(9-10)13(17)18-3/h5-6,9,16H,7-8H2,1-4H3. The van der Waals surface area contributed by atoms with Crippen LogP contribution in [-0.4, -0.2) is 32.3 Å². The number of benzene rings is 1. The van der Waals surface area contributed by atoms with Crippen LogP contribution in [0.3, 0.4) is 0 Å². The van der Waals surface area contributed by atoms with Crippen molar-refractivity contribution in [2.24, 2.45) is 0 Å². The molecule has 5 heteroatoms. The summed E-state index contributed by atoms with van der Waals surface area (Å²) >= 11 is 0. The Balaban J connectivity index is 2.68. The third-order valence-corrected chi connectivity index (χ3v) is 2.98. The average Bonchev–Trinajstić information content (AvgIpc) is 2.39. The highest BCUT2D eigenvalue weighted by Gasteiger charge is 2.16. The molecule has 0 fully saturated rings. The zero-order chi connectivity index (χ0) is 14.5. The van der Waals surface area contributed by atoms with Crippen molar-refractivity contribution in [3.63, 3.8) is 0 Å². The van der Waals surface area contributed by atoms with Crippen molar-refractivity contribution in [3.8, 4) is 0 Å². The predicted molar refractivity (Wildman–Crippen MR) is 71.9 cm³/mol. The van der Waals surface area contributed by atoms with Crippen LogP contribution in [0.2, 0.25) is 0 Å². The lowest BCUT2D eigenvalue weighted by molar-refractivity contribution is 0.0185. The second-order valence-electron chi connectivity index (χ2n) is 4.83. The lowest BCUT2D eigenvalue weighted by Gasteiger charge is -2.23. The summed E-state index contributed by atoms with van der Waals surface area (Å²) in [5.74, 6) is -1.27. The van der Waals surface area contributed by atoms with Crippen LogP contribution in [0.5, 0.6) is 0 Å². The van der Waals surface area contributed by atoms with E-state index in [1.165, 1.54) is 19.2 Å². The number of ether oxygens (including phenoxy) is 2. The maximum Gasteiger partial charge on any atom is 0.340 e. The second-order valence-corrected chi connectivity index (χ2v) is 4.83. The number of hydrogen-bond donors (Lipinski definition) is 1. The van der Waals surface area contributed by atoms with Crippen molar-refractivity contribution >= 4 is 11.7 Å². The molecule has 0 aromatic heterocycles. The topological polar surface area (TPSA) is 47.6 Å². The molecule has 1 aromatic rings. The van der Waals surface area contributed by atoms with E-state index < -0.39 is 11.8 Å². The van der Waals surface area contributed by atoms with Crippen LogP contribution in [0.1, 0.15) is 30.6 Å². The van der Waals surface area contributed by atoms with Gasteiger partial charge in [0.2, 0.25) is 0 Å². The minimum absolute atomic E-state index is 0.0708. The molecule has 0 spiro atoms. The summed E-state index contributed by atoms with van der Waals surface area (Å²) in [7, 11) is 2.89. The molecule has 106 valence electrons. The number of rotatable bonds is 6. The van der Waals surface area contributed by atoms with E-state index in [9.17, 15) is 9.18 Å². The maximum absolute atomic E-state index is 13.4. The number of halogens is 1. The largest absolute Gasteiger partial charge is 0.465 e. The molecule has 0 unspecified atom stereocenters. The molecule has 0 amide bonds. The molecule has 0 bridgehead atoms. The number of esters is 1. The minimum Gasteiger partial charge on any atom is -0.465 e. The zero-order valence-electron chi connectivity index (χ0n) is 11.7. The van der Waals surface area contributed by atoms with Gasteiger partial charge in [0, 0.05) is 19.3 Å². The Labute approximate surface area is 112 Å². The summed E-state index contributed by atoms with van der Waals surface area (Å²) in [5, 5.41) is 3.13. The Morgan fingerprint density at radius 1 is 1.37 bits per heavy atom. The smallest absolute Gasteiger partial charge is 0.340 e. The molecule has 0 aliphatic carbocycles. The maximum atomic E-state index is 13.4. The molecule has 1 aromatic carbocycles. The monoisotopic (exact) mass is 269 g/mol. The summed E-state index contributed by atoms with van der Waals surface area (Å²) in [6.07, 6.45) is 0.786. The zero-order valence-corrected chi connectivity index (χ0v) is 11.7. The third-order valence-electron chi connectivity index (χ3n) is 2.98. The van der Waals surface area contributed by atoms with Crippen LogP contribution < -0.4 is 5.32 Å². The summed E-state index contributed by atoms with van der Waals surface area (Å²) in [6, 6.07) is 4.28. The van der Waals surface area contributed by atoms with Gasteiger partial charge in [0.15, 0.2) is 0 Å². The van der Waals surface area contributed by atoms with Crippen LogP contribution in [0, 0.1) is 5.82 Å². The average molecular weight is 269 g/mol. The highest BCUT2D eigenvalue weighted by atomic mass is 19.1. The van der Waals surface area contributed by atoms with Gasteiger partial charge in [-0.25, -0.2) is 9.18 Å². The Morgan fingerprint density at radius 2 is 2.05 bits per heavy atom. The number of methoxy groups -OCH3 is 2. The molecular formula is C14H20FNO3. The van der Waals surface area contributed by atoms with Gasteiger partial charge >= 0.3 is 5.97 Å². The van der Waals surface area contributed by atoms with E-state index in [-0.39, 0.29) is 11.2 Å². The Hall–Kier alpha value is -1.62. The van der Waals surface area contributed by atoms with E-state index in [2.05, 4.69) is 10.1 Å². The first-order chi connectivity index (χ1) is 8.89. The van der Waals surface area contributed by atoms with Gasteiger partial charge in [-0.3, -0.25) is 0 Å². The molecule has 0 aliphatic rings. The number of carbonyl (C=O) groups is 1. The van der Waals surface area contributed by atoms with Crippen LogP contribution in [-0.2, 0) is 9.47 Å². The van der Waals surface area contributed by atoms with Crippen LogP contribution >= 0.6 is 0 Å². The number of anilines is 1. The fraction of sp³-hybridized carbons (Fsp3) is 0.500. The minimum atomic E-state index is -0.682. The highest BCUT2D eigenvalue weighted by molar-refractivity contribution is 5.90. The number of carbonyl (C=O) groups excluding carboxylic acids is 1. The summed E-state index contributed by atoms with van der Waals surface area (Å²) < 4.78 is 23.2. The van der Waals surface area contributed by atoms with Gasteiger partial charge < -0.3 is 14.8 Å². The van der Waals surface area contributed by atoms with E-state index in [1.54, 1.807) is 13.2 Å².